The molecule has 3 aromatic rings. The van der Waals surface area contributed by atoms with Crippen LogP contribution >= 0.6 is 11.3 Å². The van der Waals surface area contributed by atoms with E-state index in [4.69, 9.17) is 0 Å². The molecular formula is C19H20N4OS. The molecule has 6 heteroatoms. The highest BCUT2D eigenvalue weighted by atomic mass is 32.1. The molecule has 3 rings (SSSR count). The Morgan fingerprint density at radius 3 is 2.44 bits per heavy atom. The lowest BCUT2D eigenvalue weighted by atomic mass is 10.2. The number of benzene rings is 1. The van der Waals surface area contributed by atoms with Gasteiger partial charge in [0, 0.05) is 30.3 Å². The van der Waals surface area contributed by atoms with Crippen LogP contribution in [-0.4, -0.2) is 25.0 Å². The second-order valence-electron chi connectivity index (χ2n) is 5.80. The molecule has 0 aliphatic rings. The predicted octanol–water partition coefficient (Wildman–Crippen LogP) is 4.13. The van der Waals surface area contributed by atoms with Crippen molar-refractivity contribution in [2.75, 3.05) is 29.6 Å². The highest BCUT2D eigenvalue weighted by Crippen LogP contribution is 2.20. The molecule has 0 aliphatic heterocycles. The van der Waals surface area contributed by atoms with Crippen LogP contribution in [0, 0.1) is 0 Å². The van der Waals surface area contributed by atoms with Crippen molar-refractivity contribution in [3.05, 3.63) is 65.0 Å². The number of rotatable bonds is 6. The third kappa shape index (κ3) is 4.81. The lowest BCUT2D eigenvalue weighted by Crippen LogP contribution is -2.14. The number of carbonyl (C=O) groups excluding carboxylic acids is 1. The Kier molecular flexibility index (Phi) is 5.30. The van der Waals surface area contributed by atoms with Gasteiger partial charge >= 0.3 is 0 Å². The minimum atomic E-state index is -0.0602. The SMILES string of the molecule is CN(C)c1ccc(Nc2ccc(NC(=O)Cc3cccs3)nc2)cc1. The molecule has 5 nitrogen and oxygen atoms in total. The number of anilines is 4. The second kappa shape index (κ2) is 7.81. The Labute approximate surface area is 151 Å². The minimum absolute atomic E-state index is 0.0602. The Morgan fingerprint density at radius 2 is 1.84 bits per heavy atom. The summed E-state index contributed by atoms with van der Waals surface area (Å²) in [6.45, 7) is 0. The summed E-state index contributed by atoms with van der Waals surface area (Å²) in [4.78, 5) is 19.4. The van der Waals surface area contributed by atoms with Gasteiger partial charge in [-0.3, -0.25) is 4.79 Å². The number of carbonyl (C=O) groups is 1. The number of pyridine rings is 1. The first-order valence-electron chi connectivity index (χ1n) is 7.93. The molecule has 0 saturated heterocycles. The maximum absolute atomic E-state index is 12.0. The van der Waals surface area contributed by atoms with E-state index in [-0.39, 0.29) is 5.91 Å². The highest BCUT2D eigenvalue weighted by Gasteiger charge is 2.06. The summed E-state index contributed by atoms with van der Waals surface area (Å²) in [6, 6.07) is 15.7. The van der Waals surface area contributed by atoms with Crippen molar-refractivity contribution in [1.29, 1.82) is 0 Å². The van der Waals surface area contributed by atoms with Crippen LogP contribution in [0.2, 0.25) is 0 Å². The molecule has 0 saturated carbocycles. The maximum atomic E-state index is 12.0. The number of nitrogens with one attached hydrogen (secondary N) is 2. The van der Waals surface area contributed by atoms with Crippen LogP contribution in [0.15, 0.2) is 60.1 Å². The Balaban J connectivity index is 1.57. The number of amides is 1. The molecule has 0 aliphatic carbocycles. The molecule has 0 fully saturated rings. The molecule has 0 radical (unpaired) electrons. The van der Waals surface area contributed by atoms with Gasteiger partial charge in [0.15, 0.2) is 0 Å². The first kappa shape index (κ1) is 17.0. The summed E-state index contributed by atoms with van der Waals surface area (Å²) >= 11 is 1.57. The van der Waals surface area contributed by atoms with E-state index in [0.29, 0.717) is 12.2 Å². The third-order valence-corrected chi connectivity index (χ3v) is 4.49. The smallest absolute Gasteiger partial charge is 0.230 e. The van der Waals surface area contributed by atoms with Crippen molar-refractivity contribution in [2.24, 2.45) is 0 Å². The van der Waals surface area contributed by atoms with Gasteiger partial charge in [-0.15, -0.1) is 11.3 Å². The lowest BCUT2D eigenvalue weighted by Gasteiger charge is -2.13. The lowest BCUT2D eigenvalue weighted by molar-refractivity contribution is -0.115. The van der Waals surface area contributed by atoms with Crippen LogP contribution < -0.4 is 15.5 Å². The van der Waals surface area contributed by atoms with E-state index in [0.717, 1.165) is 21.9 Å². The van der Waals surface area contributed by atoms with Gasteiger partial charge in [0.2, 0.25) is 5.91 Å². The third-order valence-electron chi connectivity index (χ3n) is 3.62. The molecule has 2 N–H and O–H groups in total. The van der Waals surface area contributed by atoms with Gasteiger partial charge in [0.1, 0.15) is 5.82 Å². The Hall–Kier alpha value is -2.86. The van der Waals surface area contributed by atoms with Crippen molar-refractivity contribution in [3.63, 3.8) is 0 Å². The average Bonchev–Trinajstić information content (AvgIpc) is 3.10. The van der Waals surface area contributed by atoms with Crippen molar-refractivity contribution in [1.82, 2.24) is 4.98 Å². The molecule has 0 spiro atoms. The Bertz CT molecular complexity index is 812. The molecule has 0 atom stereocenters. The zero-order valence-corrected chi connectivity index (χ0v) is 15.0. The number of aromatic nitrogens is 1. The second-order valence-corrected chi connectivity index (χ2v) is 6.83. The zero-order chi connectivity index (χ0) is 17.6. The quantitative estimate of drug-likeness (QED) is 0.700. The van der Waals surface area contributed by atoms with Gasteiger partial charge in [-0.1, -0.05) is 6.07 Å². The van der Waals surface area contributed by atoms with Gasteiger partial charge in [-0.25, -0.2) is 4.98 Å². The van der Waals surface area contributed by atoms with Crippen molar-refractivity contribution < 1.29 is 4.79 Å². The molecular weight excluding hydrogens is 332 g/mol. The van der Waals surface area contributed by atoms with E-state index in [1.165, 1.54) is 0 Å². The zero-order valence-electron chi connectivity index (χ0n) is 14.2. The van der Waals surface area contributed by atoms with E-state index in [1.807, 2.05) is 49.8 Å². The summed E-state index contributed by atoms with van der Waals surface area (Å²) in [5.41, 5.74) is 3.00. The fourth-order valence-corrected chi connectivity index (χ4v) is 3.01. The van der Waals surface area contributed by atoms with Crippen molar-refractivity contribution in [2.45, 2.75) is 6.42 Å². The van der Waals surface area contributed by atoms with E-state index in [2.05, 4.69) is 32.7 Å². The van der Waals surface area contributed by atoms with Gasteiger partial charge < -0.3 is 15.5 Å². The number of hydrogen-bond acceptors (Lipinski definition) is 5. The van der Waals surface area contributed by atoms with Crippen LogP contribution in [0.4, 0.5) is 22.9 Å². The minimum Gasteiger partial charge on any atom is -0.378 e. The number of nitrogens with zero attached hydrogens (tertiary/aromatic N) is 2. The maximum Gasteiger partial charge on any atom is 0.230 e. The topological polar surface area (TPSA) is 57.3 Å². The van der Waals surface area contributed by atoms with Crippen LogP contribution in [0.3, 0.4) is 0 Å². The molecule has 1 amide bonds. The summed E-state index contributed by atoms with van der Waals surface area (Å²) in [7, 11) is 4.02. The summed E-state index contributed by atoms with van der Waals surface area (Å²) in [5.74, 6) is 0.491. The average molecular weight is 352 g/mol. The highest BCUT2D eigenvalue weighted by molar-refractivity contribution is 7.10. The summed E-state index contributed by atoms with van der Waals surface area (Å²) < 4.78 is 0. The van der Waals surface area contributed by atoms with Crippen LogP contribution in [0.5, 0.6) is 0 Å². The fraction of sp³-hybridized carbons (Fsp3) is 0.158. The predicted molar refractivity (Wildman–Crippen MR) is 105 cm³/mol. The summed E-state index contributed by atoms with van der Waals surface area (Å²) in [6.07, 6.45) is 2.08. The van der Waals surface area contributed by atoms with Crippen molar-refractivity contribution in [3.8, 4) is 0 Å². The molecule has 2 aromatic heterocycles. The largest absolute Gasteiger partial charge is 0.378 e. The monoisotopic (exact) mass is 352 g/mol. The molecule has 25 heavy (non-hydrogen) atoms. The van der Waals surface area contributed by atoms with Gasteiger partial charge in [-0.2, -0.15) is 0 Å². The Morgan fingerprint density at radius 1 is 1.08 bits per heavy atom. The van der Waals surface area contributed by atoms with Gasteiger partial charge in [0.05, 0.1) is 18.3 Å². The molecule has 0 unspecified atom stereocenters. The first-order valence-corrected chi connectivity index (χ1v) is 8.81. The molecule has 128 valence electrons. The van der Waals surface area contributed by atoms with Crippen molar-refractivity contribution >= 4 is 40.1 Å². The van der Waals surface area contributed by atoms with Gasteiger partial charge in [0.25, 0.3) is 0 Å². The first-order chi connectivity index (χ1) is 12.1. The molecule has 0 bridgehead atoms. The number of thiophene rings is 1. The van der Waals surface area contributed by atoms with Crippen LogP contribution in [-0.2, 0) is 11.2 Å². The standard InChI is InChI=1S/C19H20N4OS/c1-23(2)16-8-5-14(6-9-16)21-15-7-10-18(20-13-15)22-19(24)12-17-4-3-11-25-17/h3-11,13,21H,12H2,1-2H3,(H,20,22,24). The number of hydrogen-bond donors (Lipinski definition) is 2. The molecule has 1 aromatic carbocycles. The molecule has 2 heterocycles. The van der Waals surface area contributed by atoms with E-state index in [1.54, 1.807) is 23.6 Å². The van der Waals surface area contributed by atoms with Gasteiger partial charge in [-0.05, 0) is 47.8 Å². The van der Waals surface area contributed by atoms with Crippen LogP contribution in [0.1, 0.15) is 4.88 Å². The summed E-state index contributed by atoms with van der Waals surface area (Å²) in [5, 5.41) is 8.07. The normalized spacial score (nSPS) is 10.3. The van der Waals surface area contributed by atoms with E-state index in [9.17, 15) is 4.79 Å². The van der Waals surface area contributed by atoms with E-state index >= 15 is 0 Å². The van der Waals surface area contributed by atoms with E-state index < -0.39 is 0 Å². The van der Waals surface area contributed by atoms with Crippen LogP contribution in [0.25, 0.3) is 0 Å². The fourth-order valence-electron chi connectivity index (χ4n) is 2.31.